The molecule has 0 N–H and O–H groups in total. The van der Waals surface area contributed by atoms with Crippen molar-refractivity contribution in [1.29, 1.82) is 0 Å². The molecule has 1 aromatic carbocycles. The fourth-order valence-corrected chi connectivity index (χ4v) is 1.52. The van der Waals surface area contributed by atoms with Gasteiger partial charge in [-0.2, -0.15) is 0 Å². The molecule has 2 nitrogen and oxygen atoms in total. The van der Waals surface area contributed by atoms with E-state index in [0.717, 1.165) is 11.3 Å². The summed E-state index contributed by atoms with van der Waals surface area (Å²) in [5, 5.41) is 0. The quantitative estimate of drug-likeness (QED) is 0.699. The molecular weight excluding hydrogens is 212 g/mol. The van der Waals surface area contributed by atoms with Gasteiger partial charge >= 0.3 is 0 Å². The van der Waals surface area contributed by atoms with Crippen LogP contribution in [0.25, 0.3) is 0 Å². The number of benzene rings is 1. The predicted molar refractivity (Wildman–Crippen MR) is 70.9 cm³/mol. The lowest BCUT2D eigenvalue weighted by Crippen LogP contribution is -2.27. The lowest BCUT2D eigenvalue weighted by molar-refractivity contribution is 0.0151. The Kier molecular flexibility index (Phi) is 4.76. The van der Waals surface area contributed by atoms with Gasteiger partial charge in [0.05, 0.1) is 19.8 Å². The van der Waals surface area contributed by atoms with E-state index in [2.05, 4.69) is 13.5 Å². The molecule has 1 radical (unpaired) electrons. The lowest BCUT2D eigenvalue weighted by Gasteiger charge is -2.27. The molecule has 0 saturated heterocycles. The highest BCUT2D eigenvalue weighted by molar-refractivity contribution is 5.26. The van der Waals surface area contributed by atoms with E-state index in [4.69, 9.17) is 9.47 Å². The smallest absolute Gasteiger partial charge is 0.118 e. The number of methoxy groups -OCH3 is 1. The molecule has 1 atom stereocenters. The summed E-state index contributed by atoms with van der Waals surface area (Å²) in [5.74, 6) is 0.853. The van der Waals surface area contributed by atoms with Crippen molar-refractivity contribution >= 4 is 0 Å². The van der Waals surface area contributed by atoms with E-state index in [1.165, 1.54) is 0 Å². The highest BCUT2D eigenvalue weighted by Gasteiger charge is 2.22. The third kappa shape index (κ3) is 4.23. The first-order chi connectivity index (χ1) is 7.97. The van der Waals surface area contributed by atoms with Crippen LogP contribution in [0.5, 0.6) is 5.75 Å². The van der Waals surface area contributed by atoms with Crippen molar-refractivity contribution < 1.29 is 9.47 Å². The Morgan fingerprint density at radius 2 is 1.88 bits per heavy atom. The second kappa shape index (κ2) is 5.87. The summed E-state index contributed by atoms with van der Waals surface area (Å²) in [6, 6.07) is 7.85. The SMILES string of the molecule is [CH2]C(C)(C)[C@H](C=C)OCc1ccc(OC)cc1. The van der Waals surface area contributed by atoms with E-state index >= 15 is 0 Å². The van der Waals surface area contributed by atoms with Crippen LogP contribution in [0, 0.1) is 12.3 Å². The molecule has 0 aliphatic carbocycles. The van der Waals surface area contributed by atoms with Crippen LogP contribution in [0.4, 0.5) is 0 Å². The van der Waals surface area contributed by atoms with Gasteiger partial charge in [-0.05, 0) is 30.0 Å². The van der Waals surface area contributed by atoms with Crippen molar-refractivity contribution in [1.82, 2.24) is 0 Å². The Balaban J connectivity index is 2.57. The average molecular weight is 233 g/mol. The third-order valence-corrected chi connectivity index (χ3v) is 2.57. The Morgan fingerprint density at radius 3 is 2.29 bits per heavy atom. The first-order valence-electron chi connectivity index (χ1n) is 5.70. The summed E-state index contributed by atoms with van der Waals surface area (Å²) in [6.45, 7) is 12.5. The molecule has 0 amide bonds. The summed E-state index contributed by atoms with van der Waals surface area (Å²) in [6.07, 6.45) is 1.75. The second-order valence-electron chi connectivity index (χ2n) is 4.80. The number of ether oxygens (including phenoxy) is 2. The van der Waals surface area contributed by atoms with Crippen LogP contribution in [-0.4, -0.2) is 13.2 Å². The molecule has 1 aromatic rings. The molecule has 0 fully saturated rings. The first kappa shape index (κ1) is 13.8. The largest absolute Gasteiger partial charge is 0.497 e. The Morgan fingerprint density at radius 1 is 1.29 bits per heavy atom. The van der Waals surface area contributed by atoms with Gasteiger partial charge in [-0.1, -0.05) is 32.1 Å². The first-order valence-corrected chi connectivity index (χ1v) is 5.70. The van der Waals surface area contributed by atoms with Crippen LogP contribution in [0.3, 0.4) is 0 Å². The van der Waals surface area contributed by atoms with Crippen LogP contribution in [0.1, 0.15) is 19.4 Å². The number of hydrogen-bond donors (Lipinski definition) is 0. The maximum absolute atomic E-state index is 5.79. The molecule has 0 saturated carbocycles. The van der Waals surface area contributed by atoms with Gasteiger partial charge in [0.25, 0.3) is 0 Å². The van der Waals surface area contributed by atoms with Crippen LogP contribution in [-0.2, 0) is 11.3 Å². The molecule has 0 spiro atoms. The van der Waals surface area contributed by atoms with E-state index in [0.29, 0.717) is 6.61 Å². The van der Waals surface area contributed by atoms with E-state index in [1.54, 1.807) is 13.2 Å². The van der Waals surface area contributed by atoms with Crippen molar-refractivity contribution in [2.45, 2.75) is 26.6 Å². The molecule has 2 heteroatoms. The van der Waals surface area contributed by atoms with Crippen LogP contribution in [0.2, 0.25) is 0 Å². The van der Waals surface area contributed by atoms with Crippen molar-refractivity contribution in [3.05, 3.63) is 49.4 Å². The van der Waals surface area contributed by atoms with Crippen LogP contribution >= 0.6 is 0 Å². The second-order valence-corrected chi connectivity index (χ2v) is 4.80. The highest BCUT2D eigenvalue weighted by atomic mass is 16.5. The van der Waals surface area contributed by atoms with Crippen molar-refractivity contribution in [2.24, 2.45) is 5.41 Å². The fraction of sp³-hybridized carbons (Fsp3) is 0.400. The molecule has 0 aliphatic rings. The van der Waals surface area contributed by atoms with Crippen LogP contribution < -0.4 is 4.74 Å². The maximum Gasteiger partial charge on any atom is 0.118 e. The maximum atomic E-state index is 5.79. The van der Waals surface area contributed by atoms with E-state index in [1.807, 2.05) is 38.1 Å². The lowest BCUT2D eigenvalue weighted by atomic mass is 9.89. The molecule has 0 unspecified atom stereocenters. The zero-order valence-electron chi connectivity index (χ0n) is 10.9. The molecule has 17 heavy (non-hydrogen) atoms. The monoisotopic (exact) mass is 233 g/mol. The zero-order valence-corrected chi connectivity index (χ0v) is 10.9. The van der Waals surface area contributed by atoms with Crippen LogP contribution in [0.15, 0.2) is 36.9 Å². The molecule has 0 aliphatic heterocycles. The zero-order chi connectivity index (χ0) is 12.9. The Bertz CT molecular complexity index is 346. The minimum absolute atomic E-state index is 0.0513. The fourth-order valence-electron chi connectivity index (χ4n) is 1.52. The number of rotatable bonds is 6. The Hall–Kier alpha value is -1.28. The van der Waals surface area contributed by atoms with Crippen molar-refractivity contribution in [2.75, 3.05) is 7.11 Å². The van der Waals surface area contributed by atoms with Gasteiger partial charge in [0.2, 0.25) is 0 Å². The van der Waals surface area contributed by atoms with E-state index < -0.39 is 0 Å². The summed E-state index contributed by atoms with van der Waals surface area (Å²) in [5.41, 5.74) is 0.940. The molecule has 0 bridgehead atoms. The Labute approximate surface area is 104 Å². The summed E-state index contributed by atoms with van der Waals surface area (Å²) in [4.78, 5) is 0. The average Bonchev–Trinajstić information content (AvgIpc) is 2.29. The van der Waals surface area contributed by atoms with Gasteiger partial charge in [-0.25, -0.2) is 0 Å². The number of hydrogen-bond acceptors (Lipinski definition) is 2. The van der Waals surface area contributed by atoms with E-state index in [-0.39, 0.29) is 11.5 Å². The van der Waals surface area contributed by atoms with Gasteiger partial charge in [-0.15, -0.1) is 6.58 Å². The topological polar surface area (TPSA) is 18.5 Å². The molecule has 0 heterocycles. The van der Waals surface area contributed by atoms with Crippen molar-refractivity contribution in [3.8, 4) is 5.75 Å². The summed E-state index contributed by atoms with van der Waals surface area (Å²) in [7, 11) is 1.66. The molecular formula is C15H21O2. The molecule has 93 valence electrons. The highest BCUT2D eigenvalue weighted by Crippen LogP contribution is 2.23. The predicted octanol–water partition coefficient (Wildman–Crippen LogP) is 3.63. The van der Waals surface area contributed by atoms with E-state index in [9.17, 15) is 0 Å². The van der Waals surface area contributed by atoms with Crippen molar-refractivity contribution in [3.63, 3.8) is 0 Å². The minimum Gasteiger partial charge on any atom is -0.497 e. The molecule has 1 rings (SSSR count). The summed E-state index contributed by atoms with van der Waals surface area (Å²) < 4.78 is 10.9. The van der Waals surface area contributed by atoms with Gasteiger partial charge in [-0.3, -0.25) is 0 Å². The van der Waals surface area contributed by atoms with Gasteiger partial charge in [0.15, 0.2) is 0 Å². The summed E-state index contributed by atoms with van der Waals surface area (Å²) >= 11 is 0. The third-order valence-electron chi connectivity index (χ3n) is 2.57. The normalized spacial score (nSPS) is 13.2. The molecule has 0 aromatic heterocycles. The van der Waals surface area contributed by atoms with Gasteiger partial charge in [0.1, 0.15) is 5.75 Å². The van der Waals surface area contributed by atoms with Gasteiger partial charge < -0.3 is 9.47 Å². The minimum atomic E-state index is -0.172. The van der Waals surface area contributed by atoms with Gasteiger partial charge in [0, 0.05) is 0 Å². The standard InChI is InChI=1S/C15H21O2/c1-6-14(15(2,3)4)17-11-12-7-9-13(16-5)10-8-12/h6-10,14H,1-2,11H2,3-5H3/t14-/m0/s1.